The molecule has 0 radical (unpaired) electrons. The Hall–Kier alpha value is -3.17. The minimum absolute atomic E-state index is 0.0460. The zero-order valence-electron chi connectivity index (χ0n) is 14.8. The molecule has 0 atom stereocenters. The first-order valence-electron chi connectivity index (χ1n) is 8.22. The Morgan fingerprint density at radius 1 is 1.19 bits per heavy atom. The first kappa shape index (κ1) is 18.6. The maximum Gasteiger partial charge on any atom is 0.271 e. The molecule has 0 aliphatic carbocycles. The van der Waals surface area contributed by atoms with E-state index in [1.54, 1.807) is 12.1 Å². The summed E-state index contributed by atoms with van der Waals surface area (Å²) in [6, 6.07) is 18.3. The highest BCUT2D eigenvalue weighted by Gasteiger charge is 2.13. The SMILES string of the molecule is Cc1cc(/C=C(\C#N)c2ccc(Br)cc2)c(C)n1-c1cccc([N+](=O)[O-])c1. The molecule has 3 aromatic rings. The second kappa shape index (κ2) is 7.60. The van der Waals surface area contributed by atoms with Crippen LogP contribution in [0.25, 0.3) is 17.3 Å². The molecule has 3 rings (SSSR count). The van der Waals surface area contributed by atoms with Gasteiger partial charge < -0.3 is 4.57 Å². The standard InChI is InChI=1S/C21H16BrN3O2/c1-14-10-17(11-18(13-23)16-6-8-19(22)9-7-16)15(2)24(14)20-4-3-5-21(12-20)25(26)27/h3-12H,1-2H3/b18-11+. The smallest absolute Gasteiger partial charge is 0.271 e. The Morgan fingerprint density at radius 2 is 1.89 bits per heavy atom. The molecule has 0 fully saturated rings. The first-order valence-corrected chi connectivity index (χ1v) is 9.01. The Balaban J connectivity index is 2.08. The van der Waals surface area contributed by atoms with Gasteiger partial charge in [-0.05, 0) is 55.3 Å². The van der Waals surface area contributed by atoms with Crippen LogP contribution in [0.4, 0.5) is 5.69 Å². The summed E-state index contributed by atoms with van der Waals surface area (Å²) in [5.74, 6) is 0. The van der Waals surface area contributed by atoms with E-state index in [9.17, 15) is 15.4 Å². The molecule has 0 aliphatic heterocycles. The van der Waals surface area contributed by atoms with Crippen molar-refractivity contribution in [3.05, 3.63) is 91.7 Å². The second-order valence-corrected chi connectivity index (χ2v) is 7.03. The molecule has 0 N–H and O–H groups in total. The highest BCUT2D eigenvalue weighted by molar-refractivity contribution is 9.10. The Kier molecular flexibility index (Phi) is 5.24. The van der Waals surface area contributed by atoms with E-state index in [4.69, 9.17) is 0 Å². The predicted octanol–water partition coefficient (Wildman–Crippen LogP) is 5.83. The minimum Gasteiger partial charge on any atom is -0.318 e. The fourth-order valence-electron chi connectivity index (χ4n) is 3.04. The molecule has 5 nitrogen and oxygen atoms in total. The molecule has 0 spiro atoms. The summed E-state index contributed by atoms with van der Waals surface area (Å²) in [7, 11) is 0. The van der Waals surface area contributed by atoms with Gasteiger partial charge in [0.1, 0.15) is 0 Å². The van der Waals surface area contributed by atoms with E-state index in [2.05, 4.69) is 22.0 Å². The summed E-state index contributed by atoms with van der Waals surface area (Å²) in [6.07, 6.45) is 1.85. The molecule has 1 aromatic heterocycles. The lowest BCUT2D eigenvalue weighted by molar-refractivity contribution is -0.384. The van der Waals surface area contributed by atoms with Crippen LogP contribution in [-0.4, -0.2) is 9.49 Å². The third-order valence-corrected chi connectivity index (χ3v) is 4.87. The molecule has 0 aliphatic rings. The van der Waals surface area contributed by atoms with E-state index in [1.165, 1.54) is 6.07 Å². The summed E-state index contributed by atoms with van der Waals surface area (Å²) < 4.78 is 2.91. The zero-order valence-corrected chi connectivity index (χ0v) is 16.4. The van der Waals surface area contributed by atoms with Crippen LogP contribution in [0, 0.1) is 35.3 Å². The van der Waals surface area contributed by atoms with E-state index in [0.717, 1.165) is 32.7 Å². The van der Waals surface area contributed by atoms with Crippen molar-refractivity contribution >= 4 is 33.3 Å². The summed E-state index contributed by atoms with van der Waals surface area (Å²) >= 11 is 3.40. The number of nitro benzene ring substituents is 1. The normalized spacial score (nSPS) is 11.3. The van der Waals surface area contributed by atoms with Crippen LogP contribution >= 0.6 is 15.9 Å². The van der Waals surface area contributed by atoms with Crippen LogP contribution in [0.5, 0.6) is 0 Å². The number of nitriles is 1. The quantitative estimate of drug-likeness (QED) is 0.302. The third kappa shape index (κ3) is 3.83. The van der Waals surface area contributed by atoms with Crippen LogP contribution < -0.4 is 0 Å². The van der Waals surface area contributed by atoms with Gasteiger partial charge >= 0.3 is 0 Å². The van der Waals surface area contributed by atoms with Crippen molar-refractivity contribution in [3.63, 3.8) is 0 Å². The van der Waals surface area contributed by atoms with E-state index in [1.807, 2.05) is 60.9 Å². The van der Waals surface area contributed by atoms with Crippen LogP contribution in [0.15, 0.2) is 59.1 Å². The Bertz CT molecular complexity index is 1090. The van der Waals surface area contributed by atoms with Crippen LogP contribution in [-0.2, 0) is 0 Å². The topological polar surface area (TPSA) is 71.9 Å². The van der Waals surface area contributed by atoms with Crippen molar-refractivity contribution < 1.29 is 4.92 Å². The molecule has 0 saturated carbocycles. The molecule has 27 heavy (non-hydrogen) atoms. The lowest BCUT2D eigenvalue weighted by atomic mass is 10.0. The van der Waals surface area contributed by atoms with Gasteiger partial charge in [0, 0.05) is 28.0 Å². The number of allylic oxidation sites excluding steroid dienone is 1. The van der Waals surface area contributed by atoms with Gasteiger partial charge in [-0.2, -0.15) is 5.26 Å². The molecule has 1 heterocycles. The number of non-ortho nitro benzene ring substituents is 1. The van der Waals surface area contributed by atoms with Crippen molar-refractivity contribution in [1.29, 1.82) is 5.26 Å². The van der Waals surface area contributed by atoms with E-state index in [0.29, 0.717) is 5.57 Å². The summed E-state index contributed by atoms with van der Waals surface area (Å²) in [6.45, 7) is 3.88. The van der Waals surface area contributed by atoms with Crippen molar-refractivity contribution in [1.82, 2.24) is 4.57 Å². The fourth-order valence-corrected chi connectivity index (χ4v) is 3.31. The molecule has 0 saturated heterocycles. The fraction of sp³-hybridized carbons (Fsp3) is 0.0952. The highest BCUT2D eigenvalue weighted by Crippen LogP contribution is 2.27. The van der Waals surface area contributed by atoms with Gasteiger partial charge in [-0.3, -0.25) is 10.1 Å². The van der Waals surface area contributed by atoms with E-state index < -0.39 is 4.92 Å². The van der Waals surface area contributed by atoms with E-state index in [-0.39, 0.29) is 5.69 Å². The number of nitrogens with zero attached hydrogens (tertiary/aromatic N) is 3. The summed E-state index contributed by atoms with van der Waals surface area (Å²) in [5.41, 5.74) is 4.91. The Morgan fingerprint density at radius 3 is 2.52 bits per heavy atom. The molecule has 0 unspecified atom stereocenters. The number of hydrogen-bond acceptors (Lipinski definition) is 3. The van der Waals surface area contributed by atoms with Gasteiger partial charge in [-0.15, -0.1) is 0 Å². The highest BCUT2D eigenvalue weighted by atomic mass is 79.9. The molecule has 2 aromatic carbocycles. The zero-order chi connectivity index (χ0) is 19.6. The largest absolute Gasteiger partial charge is 0.318 e. The molecular weight excluding hydrogens is 406 g/mol. The maximum absolute atomic E-state index is 11.1. The van der Waals surface area contributed by atoms with Crippen molar-refractivity contribution in [2.75, 3.05) is 0 Å². The van der Waals surface area contributed by atoms with Gasteiger partial charge in [0.15, 0.2) is 0 Å². The first-order chi connectivity index (χ1) is 12.9. The predicted molar refractivity (Wildman–Crippen MR) is 110 cm³/mol. The lowest BCUT2D eigenvalue weighted by Crippen LogP contribution is -2.00. The van der Waals surface area contributed by atoms with Crippen LogP contribution in [0.3, 0.4) is 0 Å². The summed E-state index contributed by atoms with van der Waals surface area (Å²) in [4.78, 5) is 10.7. The number of nitro groups is 1. The van der Waals surface area contributed by atoms with Crippen LogP contribution in [0.1, 0.15) is 22.5 Å². The van der Waals surface area contributed by atoms with Gasteiger partial charge in [0.2, 0.25) is 0 Å². The monoisotopic (exact) mass is 421 g/mol. The average Bonchev–Trinajstić information content (AvgIpc) is 2.94. The average molecular weight is 422 g/mol. The number of halogens is 1. The van der Waals surface area contributed by atoms with Crippen molar-refractivity contribution in [3.8, 4) is 11.8 Å². The number of aryl methyl sites for hydroxylation is 1. The van der Waals surface area contributed by atoms with Gasteiger partial charge in [-0.1, -0.05) is 34.1 Å². The third-order valence-electron chi connectivity index (χ3n) is 4.34. The number of rotatable bonds is 4. The molecule has 0 bridgehead atoms. The van der Waals surface area contributed by atoms with Crippen molar-refractivity contribution in [2.24, 2.45) is 0 Å². The minimum atomic E-state index is -0.403. The van der Waals surface area contributed by atoms with Crippen molar-refractivity contribution in [2.45, 2.75) is 13.8 Å². The van der Waals surface area contributed by atoms with Gasteiger partial charge in [-0.25, -0.2) is 0 Å². The maximum atomic E-state index is 11.1. The van der Waals surface area contributed by atoms with Gasteiger partial charge in [0.05, 0.1) is 22.3 Å². The number of aromatic nitrogens is 1. The Labute approximate surface area is 165 Å². The lowest BCUT2D eigenvalue weighted by Gasteiger charge is -2.09. The molecule has 0 amide bonds. The number of benzene rings is 2. The summed E-state index contributed by atoms with van der Waals surface area (Å²) in [5, 5.41) is 20.7. The van der Waals surface area contributed by atoms with E-state index >= 15 is 0 Å². The van der Waals surface area contributed by atoms with Crippen LogP contribution in [0.2, 0.25) is 0 Å². The molecule has 6 heteroatoms. The second-order valence-electron chi connectivity index (χ2n) is 6.12. The van der Waals surface area contributed by atoms with Gasteiger partial charge in [0.25, 0.3) is 5.69 Å². The number of hydrogen-bond donors (Lipinski definition) is 0. The molecular formula is C21H16BrN3O2. The molecule has 134 valence electrons.